The van der Waals surface area contributed by atoms with Gasteiger partial charge < -0.3 is 35.4 Å². The predicted octanol–water partition coefficient (Wildman–Crippen LogP) is -3.70. The first kappa shape index (κ1) is 15.2. The number of ether oxygens (including phenoxy) is 1. The Bertz CT molecular complexity index is 220. The summed E-state index contributed by atoms with van der Waals surface area (Å²) in [6.07, 6.45) is -9.58. The zero-order valence-corrected chi connectivity index (χ0v) is 8.59. The van der Waals surface area contributed by atoms with Gasteiger partial charge in [-0.25, -0.2) is 0 Å². The van der Waals surface area contributed by atoms with Gasteiger partial charge in [-0.05, 0) is 0 Å². The third-order valence-electron chi connectivity index (χ3n) is 1.86. The molecule has 0 radical (unpaired) electrons. The molecular formula is C8H16O8. The fourth-order valence-corrected chi connectivity index (χ4v) is 0.946. The third kappa shape index (κ3) is 4.39. The Morgan fingerprint density at radius 2 is 1.56 bits per heavy atom. The maximum absolute atomic E-state index is 10.4. The van der Waals surface area contributed by atoms with E-state index in [2.05, 4.69) is 4.74 Å². The van der Waals surface area contributed by atoms with Gasteiger partial charge in [0.15, 0.2) is 0 Å². The van der Waals surface area contributed by atoms with E-state index in [1.165, 1.54) is 0 Å². The molecular weight excluding hydrogens is 224 g/mol. The second-order valence-corrected chi connectivity index (χ2v) is 3.22. The van der Waals surface area contributed by atoms with Crippen LogP contribution in [-0.2, 0) is 9.53 Å². The monoisotopic (exact) mass is 240 g/mol. The van der Waals surface area contributed by atoms with Crippen LogP contribution >= 0.6 is 0 Å². The molecule has 8 nitrogen and oxygen atoms in total. The Balaban J connectivity index is 4.35. The zero-order chi connectivity index (χ0) is 12.9. The normalized spacial score (nSPS) is 20.7. The number of hydrogen-bond donors (Lipinski definition) is 6. The van der Waals surface area contributed by atoms with E-state index >= 15 is 0 Å². The van der Waals surface area contributed by atoms with Crippen molar-refractivity contribution >= 4 is 5.97 Å². The topological polar surface area (TPSA) is 148 Å². The van der Waals surface area contributed by atoms with Crippen LogP contribution in [0.1, 0.15) is 6.92 Å². The molecule has 0 rings (SSSR count). The molecule has 0 fully saturated rings. The molecule has 0 aliphatic carbocycles. The molecule has 0 heterocycles. The van der Waals surface area contributed by atoms with Gasteiger partial charge in [-0.3, -0.25) is 4.79 Å². The molecule has 16 heavy (non-hydrogen) atoms. The Morgan fingerprint density at radius 1 is 1.06 bits per heavy atom. The lowest BCUT2D eigenvalue weighted by atomic mass is 10.0. The highest BCUT2D eigenvalue weighted by Gasteiger charge is 2.35. The molecule has 1 unspecified atom stereocenters. The summed E-state index contributed by atoms with van der Waals surface area (Å²) in [4.78, 5) is 10.4. The predicted molar refractivity (Wildman–Crippen MR) is 48.9 cm³/mol. The van der Waals surface area contributed by atoms with Crippen LogP contribution in [0.3, 0.4) is 0 Å². The van der Waals surface area contributed by atoms with Crippen LogP contribution in [0.25, 0.3) is 0 Å². The highest BCUT2D eigenvalue weighted by molar-refractivity contribution is 5.66. The minimum absolute atomic E-state index is 0.839. The number of carbonyl (C=O) groups is 1. The second kappa shape index (κ2) is 6.74. The average molecular weight is 240 g/mol. The van der Waals surface area contributed by atoms with Crippen LogP contribution in [0.2, 0.25) is 0 Å². The maximum atomic E-state index is 10.4. The highest BCUT2D eigenvalue weighted by atomic mass is 16.6. The van der Waals surface area contributed by atoms with Crippen molar-refractivity contribution in [3.63, 3.8) is 0 Å². The van der Waals surface area contributed by atoms with Gasteiger partial charge in [-0.1, -0.05) is 0 Å². The minimum atomic E-state index is -2.03. The van der Waals surface area contributed by atoms with Crippen molar-refractivity contribution in [1.29, 1.82) is 0 Å². The van der Waals surface area contributed by atoms with E-state index in [4.69, 9.17) is 20.4 Å². The van der Waals surface area contributed by atoms with Gasteiger partial charge in [0.05, 0.1) is 6.61 Å². The van der Waals surface area contributed by atoms with Crippen LogP contribution in [0, 0.1) is 0 Å². The number of aliphatic hydroxyl groups excluding tert-OH is 6. The van der Waals surface area contributed by atoms with Gasteiger partial charge in [-0.2, -0.15) is 0 Å². The van der Waals surface area contributed by atoms with Gasteiger partial charge in [0, 0.05) is 6.92 Å². The Labute approximate surface area is 91.3 Å². The smallest absolute Gasteiger partial charge is 0.305 e. The summed E-state index contributed by atoms with van der Waals surface area (Å²) in [5, 5.41) is 54.1. The minimum Gasteiger partial charge on any atom is -0.433 e. The fourth-order valence-electron chi connectivity index (χ4n) is 0.946. The van der Waals surface area contributed by atoms with Crippen LogP contribution < -0.4 is 0 Å². The molecule has 0 amide bonds. The summed E-state index contributed by atoms with van der Waals surface area (Å²) in [5.41, 5.74) is 0. The molecule has 6 N–H and O–H groups in total. The molecule has 0 aromatic heterocycles. The van der Waals surface area contributed by atoms with Crippen molar-refractivity contribution in [1.82, 2.24) is 0 Å². The van der Waals surface area contributed by atoms with Crippen LogP contribution in [0.4, 0.5) is 0 Å². The van der Waals surface area contributed by atoms with E-state index in [1.807, 2.05) is 0 Å². The summed E-state index contributed by atoms with van der Waals surface area (Å²) in [5.74, 6) is -0.893. The lowest BCUT2D eigenvalue weighted by molar-refractivity contribution is -0.212. The Morgan fingerprint density at radius 3 is 1.94 bits per heavy atom. The largest absolute Gasteiger partial charge is 0.433 e. The maximum Gasteiger partial charge on any atom is 0.305 e. The Kier molecular flexibility index (Phi) is 6.41. The lowest BCUT2D eigenvalue weighted by Crippen LogP contribution is -2.50. The first-order valence-electron chi connectivity index (χ1n) is 4.49. The molecule has 0 saturated heterocycles. The zero-order valence-electron chi connectivity index (χ0n) is 8.59. The highest BCUT2D eigenvalue weighted by Crippen LogP contribution is 2.09. The molecule has 0 aliphatic heterocycles. The van der Waals surface area contributed by atoms with Crippen molar-refractivity contribution in [3.05, 3.63) is 0 Å². The van der Waals surface area contributed by atoms with E-state index in [0.717, 1.165) is 6.92 Å². The van der Waals surface area contributed by atoms with Gasteiger partial charge in [0.1, 0.15) is 24.4 Å². The summed E-state index contributed by atoms with van der Waals surface area (Å²) in [6, 6.07) is 0. The number of esters is 1. The summed E-state index contributed by atoms with van der Waals surface area (Å²) in [6.45, 7) is 0.135. The molecule has 0 aromatic rings. The third-order valence-corrected chi connectivity index (χ3v) is 1.86. The van der Waals surface area contributed by atoms with Crippen LogP contribution in [-0.4, -0.2) is 73.9 Å². The van der Waals surface area contributed by atoms with Gasteiger partial charge in [-0.15, -0.1) is 0 Å². The molecule has 0 bridgehead atoms. The molecule has 96 valence electrons. The molecule has 0 aliphatic rings. The summed E-state index contributed by atoms with van der Waals surface area (Å²) >= 11 is 0. The SMILES string of the molecule is CC(=O)OC(O)[C@H](O)[C@H](O)[C@H](O)[C@@H](O)CO. The van der Waals surface area contributed by atoms with E-state index in [1.54, 1.807) is 0 Å². The first-order valence-corrected chi connectivity index (χ1v) is 4.49. The van der Waals surface area contributed by atoms with Gasteiger partial charge in [0.25, 0.3) is 0 Å². The van der Waals surface area contributed by atoms with E-state index < -0.39 is 43.3 Å². The second-order valence-electron chi connectivity index (χ2n) is 3.22. The molecule has 0 saturated carbocycles. The fraction of sp³-hybridized carbons (Fsp3) is 0.875. The van der Waals surface area contributed by atoms with E-state index in [9.17, 15) is 15.0 Å². The first-order chi connectivity index (χ1) is 7.31. The van der Waals surface area contributed by atoms with Crippen LogP contribution in [0.15, 0.2) is 0 Å². The number of rotatable bonds is 6. The van der Waals surface area contributed by atoms with Crippen molar-refractivity contribution < 1.29 is 40.2 Å². The number of aliphatic hydroxyl groups is 6. The van der Waals surface area contributed by atoms with Crippen molar-refractivity contribution in [3.8, 4) is 0 Å². The molecule has 0 spiro atoms. The van der Waals surface area contributed by atoms with E-state index in [0.29, 0.717) is 0 Å². The summed E-state index contributed by atoms with van der Waals surface area (Å²) < 4.78 is 4.15. The van der Waals surface area contributed by atoms with Crippen molar-refractivity contribution in [2.24, 2.45) is 0 Å². The quantitative estimate of drug-likeness (QED) is 0.205. The van der Waals surface area contributed by atoms with E-state index in [-0.39, 0.29) is 0 Å². The summed E-state index contributed by atoms with van der Waals surface area (Å²) in [7, 11) is 0. The van der Waals surface area contributed by atoms with Gasteiger partial charge >= 0.3 is 5.97 Å². The number of hydrogen-bond acceptors (Lipinski definition) is 8. The van der Waals surface area contributed by atoms with Crippen LogP contribution in [0.5, 0.6) is 0 Å². The molecule has 0 aromatic carbocycles. The molecule has 8 heteroatoms. The molecule has 5 atom stereocenters. The Hall–Kier alpha value is -0.770. The number of carbonyl (C=O) groups excluding carboxylic acids is 1. The van der Waals surface area contributed by atoms with Crippen molar-refractivity contribution in [2.45, 2.75) is 37.6 Å². The standard InChI is InChI=1S/C8H16O8/c1-3(10)16-8(15)7(14)6(13)5(12)4(11)2-9/h4-9,11-15H,2H2,1H3/t4-,5+,6+,7+,8?/m0/s1. The van der Waals surface area contributed by atoms with Crippen molar-refractivity contribution in [2.75, 3.05) is 6.61 Å². The lowest BCUT2D eigenvalue weighted by Gasteiger charge is -2.27. The van der Waals surface area contributed by atoms with Gasteiger partial charge in [0.2, 0.25) is 6.29 Å². The average Bonchev–Trinajstić information content (AvgIpc) is 2.23.